The lowest BCUT2D eigenvalue weighted by atomic mass is 10.3. The Morgan fingerprint density at radius 3 is 3.00 bits per heavy atom. The molecule has 114 valence electrons. The van der Waals surface area contributed by atoms with Gasteiger partial charge in [-0.1, -0.05) is 34.2 Å². The van der Waals surface area contributed by atoms with E-state index in [1.165, 1.54) is 11.3 Å². The van der Waals surface area contributed by atoms with E-state index in [2.05, 4.69) is 20.9 Å². The highest BCUT2D eigenvalue weighted by Gasteiger charge is 2.20. The van der Waals surface area contributed by atoms with Gasteiger partial charge in [-0.3, -0.25) is 9.69 Å². The molecule has 3 rings (SSSR count). The van der Waals surface area contributed by atoms with Gasteiger partial charge in [0.25, 0.3) is 0 Å². The number of benzene rings is 1. The van der Waals surface area contributed by atoms with Gasteiger partial charge in [-0.15, -0.1) is 0 Å². The van der Waals surface area contributed by atoms with Gasteiger partial charge >= 0.3 is 0 Å². The van der Waals surface area contributed by atoms with E-state index < -0.39 is 0 Å². The zero-order valence-electron chi connectivity index (χ0n) is 12.1. The van der Waals surface area contributed by atoms with Gasteiger partial charge in [0.2, 0.25) is 5.91 Å². The highest BCUT2D eigenvalue weighted by Crippen LogP contribution is 2.32. The average molecular weight is 379 g/mol. The van der Waals surface area contributed by atoms with Gasteiger partial charge in [0.1, 0.15) is 5.76 Å². The van der Waals surface area contributed by atoms with E-state index in [4.69, 9.17) is 4.42 Å². The van der Waals surface area contributed by atoms with Crippen LogP contribution < -0.4 is 4.90 Å². The molecule has 1 aromatic carbocycles. The first-order valence-electron chi connectivity index (χ1n) is 7.06. The number of amides is 1. The maximum Gasteiger partial charge on any atom is 0.229 e. The molecule has 0 saturated carbocycles. The van der Waals surface area contributed by atoms with Crippen LogP contribution in [-0.2, 0) is 11.3 Å². The summed E-state index contributed by atoms with van der Waals surface area (Å²) in [6.07, 6.45) is 2.93. The molecule has 22 heavy (non-hydrogen) atoms. The first kappa shape index (κ1) is 15.2. The number of rotatable bonds is 5. The van der Waals surface area contributed by atoms with Gasteiger partial charge in [-0.25, -0.2) is 4.98 Å². The normalized spacial score (nSPS) is 11.0. The molecule has 0 atom stereocenters. The predicted octanol–water partition coefficient (Wildman–Crippen LogP) is 4.99. The van der Waals surface area contributed by atoms with Crippen molar-refractivity contribution >= 4 is 48.5 Å². The van der Waals surface area contributed by atoms with Crippen molar-refractivity contribution in [2.45, 2.75) is 26.3 Å². The number of halogens is 1. The molecule has 0 N–H and O–H groups in total. The van der Waals surface area contributed by atoms with Gasteiger partial charge < -0.3 is 4.42 Å². The third-order valence-corrected chi connectivity index (χ3v) is 4.76. The molecule has 4 nitrogen and oxygen atoms in total. The quantitative estimate of drug-likeness (QED) is 0.628. The van der Waals surface area contributed by atoms with Crippen LogP contribution in [0.2, 0.25) is 0 Å². The van der Waals surface area contributed by atoms with Crippen molar-refractivity contribution in [3.8, 4) is 0 Å². The Balaban J connectivity index is 1.96. The molecular weight excluding hydrogens is 364 g/mol. The molecule has 1 amide bonds. The average Bonchev–Trinajstić information content (AvgIpc) is 3.13. The van der Waals surface area contributed by atoms with Crippen molar-refractivity contribution in [1.29, 1.82) is 0 Å². The highest BCUT2D eigenvalue weighted by molar-refractivity contribution is 9.10. The van der Waals surface area contributed by atoms with E-state index in [0.717, 1.165) is 26.9 Å². The number of hydrogen-bond acceptors (Lipinski definition) is 4. The van der Waals surface area contributed by atoms with Crippen LogP contribution >= 0.6 is 27.3 Å². The smallest absolute Gasteiger partial charge is 0.229 e. The van der Waals surface area contributed by atoms with Crippen molar-refractivity contribution in [3.05, 3.63) is 46.8 Å². The summed E-state index contributed by atoms with van der Waals surface area (Å²) in [5.41, 5.74) is 0.900. The van der Waals surface area contributed by atoms with Crippen LogP contribution in [0.15, 0.2) is 45.5 Å². The Hall–Kier alpha value is -1.66. The molecule has 0 radical (unpaired) electrons. The van der Waals surface area contributed by atoms with Gasteiger partial charge in [-0.2, -0.15) is 0 Å². The van der Waals surface area contributed by atoms with E-state index in [0.29, 0.717) is 18.1 Å². The topological polar surface area (TPSA) is 46.3 Å². The molecular formula is C16H15BrN2O2S. The third-order valence-electron chi connectivity index (χ3n) is 3.23. The Kier molecular flexibility index (Phi) is 4.59. The lowest BCUT2D eigenvalue weighted by Gasteiger charge is -2.18. The highest BCUT2D eigenvalue weighted by atomic mass is 79.9. The summed E-state index contributed by atoms with van der Waals surface area (Å²) in [6.45, 7) is 2.41. The van der Waals surface area contributed by atoms with Gasteiger partial charge in [0, 0.05) is 10.9 Å². The maximum absolute atomic E-state index is 12.5. The number of aromatic nitrogens is 1. The molecule has 0 unspecified atom stereocenters. The zero-order chi connectivity index (χ0) is 15.5. The minimum absolute atomic E-state index is 0.0667. The Morgan fingerprint density at radius 1 is 1.41 bits per heavy atom. The first-order valence-corrected chi connectivity index (χ1v) is 8.67. The molecule has 0 spiro atoms. The number of hydrogen-bond donors (Lipinski definition) is 0. The number of fused-ring (bicyclic) bond motifs is 1. The molecule has 2 heterocycles. The monoisotopic (exact) mass is 378 g/mol. The maximum atomic E-state index is 12.5. The van der Waals surface area contributed by atoms with E-state index in [1.54, 1.807) is 11.2 Å². The molecule has 0 saturated heterocycles. The van der Waals surface area contributed by atoms with Crippen molar-refractivity contribution in [2.75, 3.05) is 4.90 Å². The summed E-state index contributed by atoms with van der Waals surface area (Å²) < 4.78 is 7.44. The van der Waals surface area contributed by atoms with Crippen LogP contribution in [0.4, 0.5) is 5.13 Å². The van der Waals surface area contributed by atoms with Crippen LogP contribution in [0.5, 0.6) is 0 Å². The standard InChI is InChI=1S/C16H15BrN2O2S/c1-2-4-15(20)19(10-12-5-3-8-21-12)16-18-13-7-6-11(17)9-14(13)22-16/h3,5-9H,2,4,10H2,1H3. The van der Waals surface area contributed by atoms with Crippen LogP contribution in [0.3, 0.4) is 0 Å². The summed E-state index contributed by atoms with van der Waals surface area (Å²) in [6, 6.07) is 9.63. The second-order valence-corrected chi connectivity index (χ2v) is 6.84. The molecule has 2 aromatic heterocycles. The molecule has 0 fully saturated rings. The largest absolute Gasteiger partial charge is 0.467 e. The van der Waals surface area contributed by atoms with Gasteiger partial charge in [0.15, 0.2) is 5.13 Å². The SMILES string of the molecule is CCCC(=O)N(Cc1ccco1)c1nc2ccc(Br)cc2s1. The number of furan rings is 1. The fourth-order valence-corrected chi connectivity index (χ4v) is 3.71. The molecule has 0 aliphatic heterocycles. The fourth-order valence-electron chi connectivity index (χ4n) is 2.17. The van der Waals surface area contributed by atoms with Crippen molar-refractivity contribution in [3.63, 3.8) is 0 Å². The number of anilines is 1. The second kappa shape index (κ2) is 6.62. The Bertz CT molecular complexity index is 783. The number of nitrogens with zero attached hydrogens (tertiary/aromatic N) is 2. The lowest BCUT2D eigenvalue weighted by Crippen LogP contribution is -2.29. The summed E-state index contributed by atoms with van der Waals surface area (Å²) in [7, 11) is 0. The van der Waals surface area contributed by atoms with Crippen LogP contribution in [0, 0.1) is 0 Å². The predicted molar refractivity (Wildman–Crippen MR) is 92.1 cm³/mol. The third kappa shape index (κ3) is 3.23. The molecule has 0 bridgehead atoms. The Morgan fingerprint density at radius 2 is 2.27 bits per heavy atom. The van der Waals surface area contributed by atoms with Crippen molar-refractivity contribution in [2.24, 2.45) is 0 Å². The lowest BCUT2D eigenvalue weighted by molar-refractivity contribution is -0.118. The number of carbonyl (C=O) groups excluding carboxylic acids is 1. The second-order valence-electron chi connectivity index (χ2n) is 4.92. The van der Waals surface area contributed by atoms with Crippen LogP contribution in [-0.4, -0.2) is 10.9 Å². The van der Waals surface area contributed by atoms with E-state index >= 15 is 0 Å². The Labute approximate surface area is 140 Å². The van der Waals surface area contributed by atoms with Gasteiger partial charge in [0.05, 0.1) is 23.0 Å². The number of thiazole rings is 1. The fraction of sp³-hybridized carbons (Fsp3) is 0.250. The van der Waals surface area contributed by atoms with Gasteiger partial charge in [-0.05, 0) is 36.8 Å². The minimum atomic E-state index is 0.0667. The molecule has 3 aromatic rings. The van der Waals surface area contributed by atoms with E-state index in [1.807, 2.05) is 37.3 Å². The first-order chi connectivity index (χ1) is 10.7. The summed E-state index contributed by atoms with van der Waals surface area (Å²) in [4.78, 5) is 18.8. The zero-order valence-corrected chi connectivity index (χ0v) is 14.5. The van der Waals surface area contributed by atoms with Crippen molar-refractivity contribution in [1.82, 2.24) is 4.98 Å². The van der Waals surface area contributed by atoms with E-state index in [9.17, 15) is 4.79 Å². The molecule has 0 aliphatic carbocycles. The van der Waals surface area contributed by atoms with Crippen molar-refractivity contribution < 1.29 is 9.21 Å². The number of carbonyl (C=O) groups is 1. The summed E-state index contributed by atoms with van der Waals surface area (Å²) in [5.74, 6) is 0.821. The van der Waals surface area contributed by atoms with Crippen LogP contribution in [0.25, 0.3) is 10.2 Å². The summed E-state index contributed by atoms with van der Waals surface area (Å²) >= 11 is 4.98. The molecule has 6 heteroatoms. The van der Waals surface area contributed by atoms with E-state index in [-0.39, 0.29) is 5.91 Å². The van der Waals surface area contributed by atoms with Crippen LogP contribution in [0.1, 0.15) is 25.5 Å². The summed E-state index contributed by atoms with van der Waals surface area (Å²) in [5, 5.41) is 0.711. The molecule has 0 aliphatic rings. The minimum Gasteiger partial charge on any atom is -0.467 e.